The Morgan fingerprint density at radius 2 is 0.965 bits per heavy atom. The average molecular weight is 762 g/mol. The minimum absolute atomic E-state index is 0.0171. The number of amides is 3. The smallest absolute Gasteiger partial charge is 0.234 e. The van der Waals surface area contributed by atoms with Crippen LogP contribution in [0.15, 0.2) is 104 Å². The number of carbonyl (C=O) groups excluding carboxylic acids is 3. The summed E-state index contributed by atoms with van der Waals surface area (Å²) in [5, 5.41) is 8.70. The van der Waals surface area contributed by atoms with Crippen molar-refractivity contribution < 1.29 is 18.8 Å². The van der Waals surface area contributed by atoms with E-state index in [-0.39, 0.29) is 23.5 Å². The molecule has 3 aliphatic rings. The molecule has 9 rings (SSSR count). The number of nitrogens with one attached hydrogen (secondary N) is 3. The van der Waals surface area contributed by atoms with Gasteiger partial charge in [-0.3, -0.25) is 34.3 Å². The van der Waals surface area contributed by atoms with E-state index in [0.717, 1.165) is 67.5 Å². The van der Waals surface area contributed by atoms with Crippen LogP contribution >= 0.6 is 0 Å². The number of pyridine rings is 4. The second kappa shape index (κ2) is 14.5. The Morgan fingerprint density at radius 3 is 1.49 bits per heavy atom. The van der Waals surface area contributed by atoms with E-state index in [1.807, 2.05) is 122 Å². The van der Waals surface area contributed by atoms with Crippen molar-refractivity contribution in [2.45, 2.75) is 71.6 Å². The number of hydrogen-bond acceptors (Lipinski definition) is 7. The van der Waals surface area contributed by atoms with E-state index in [1.54, 1.807) is 18.5 Å². The van der Waals surface area contributed by atoms with Gasteiger partial charge in [0.2, 0.25) is 17.7 Å². The Labute approximate surface area is 331 Å². The van der Waals surface area contributed by atoms with Gasteiger partial charge in [-0.2, -0.15) is 0 Å². The highest BCUT2D eigenvalue weighted by atomic mass is 19.1. The second-order valence-corrected chi connectivity index (χ2v) is 16.1. The number of rotatable bonds is 3. The zero-order chi connectivity index (χ0) is 40.9. The molecule has 0 radical (unpaired) electrons. The summed E-state index contributed by atoms with van der Waals surface area (Å²) in [4.78, 5) is 52.6. The lowest BCUT2D eigenvalue weighted by Gasteiger charge is -2.15. The first-order valence-corrected chi connectivity index (χ1v) is 18.7. The van der Waals surface area contributed by atoms with Crippen LogP contribution in [0.1, 0.15) is 69.6 Å². The molecule has 0 saturated carbocycles. The van der Waals surface area contributed by atoms with E-state index in [2.05, 4.69) is 35.9 Å². The van der Waals surface area contributed by atoms with Crippen LogP contribution in [0.3, 0.4) is 0 Å². The first-order valence-electron chi connectivity index (χ1n) is 18.7. The molecule has 0 fully saturated rings. The van der Waals surface area contributed by atoms with Crippen LogP contribution in [-0.4, -0.2) is 37.7 Å². The summed E-state index contributed by atoms with van der Waals surface area (Å²) in [6.07, 6.45) is 8.34. The molecule has 3 aliphatic heterocycles. The molecular formula is C46H44FN7O3. The predicted molar refractivity (Wildman–Crippen MR) is 221 cm³/mol. The van der Waals surface area contributed by atoms with E-state index in [4.69, 9.17) is 0 Å². The van der Waals surface area contributed by atoms with Crippen LogP contribution in [0.2, 0.25) is 0 Å². The van der Waals surface area contributed by atoms with Crippen molar-refractivity contribution in [3.05, 3.63) is 138 Å². The largest absolute Gasteiger partial charge is 0.325 e. The first kappa shape index (κ1) is 38.6. The maximum atomic E-state index is 13.7. The predicted octanol–water partition coefficient (Wildman–Crippen LogP) is 9.09. The standard InChI is InChI=1S/C16H16N2O.C15H13FN2O.C15H15N3O/c1-10-4-5-12(9-17-10)11-6-7-13-14(8-11)18-15(19)16(13,2)3;1-15(2)11-4-3-9(7-13(11)18-14(15)19)10-8-17-6-5-12(10)16;1-9-4-5-10(7-16-9)12-6-13-11(8-17-12)15(2,3)14(19)18-13/h4-9H,1-3H3,(H,18,19);3-8H,1-2H3,(H,18,19);4-8H,1-3H3,(H,18,19). The number of aromatic nitrogens is 4. The molecule has 2 aromatic carbocycles. The molecule has 0 saturated heterocycles. The molecule has 0 spiro atoms. The third kappa shape index (κ3) is 7.28. The summed E-state index contributed by atoms with van der Waals surface area (Å²) in [6, 6.07) is 22.8. The summed E-state index contributed by atoms with van der Waals surface area (Å²) >= 11 is 0. The third-order valence-electron chi connectivity index (χ3n) is 10.9. The Morgan fingerprint density at radius 1 is 0.491 bits per heavy atom. The maximum absolute atomic E-state index is 13.7. The van der Waals surface area contributed by atoms with Crippen molar-refractivity contribution in [1.29, 1.82) is 0 Å². The van der Waals surface area contributed by atoms with Gasteiger partial charge in [-0.05, 0) is 120 Å². The topological polar surface area (TPSA) is 139 Å². The van der Waals surface area contributed by atoms with E-state index < -0.39 is 16.2 Å². The molecule has 6 aromatic rings. The maximum Gasteiger partial charge on any atom is 0.234 e. The van der Waals surface area contributed by atoms with Crippen LogP contribution in [-0.2, 0) is 30.6 Å². The van der Waals surface area contributed by atoms with Crippen molar-refractivity contribution in [2.24, 2.45) is 0 Å². The Hall–Kier alpha value is -6.62. The number of halogens is 1. The summed E-state index contributed by atoms with van der Waals surface area (Å²) in [7, 11) is 0. The van der Waals surface area contributed by atoms with Gasteiger partial charge >= 0.3 is 0 Å². The van der Waals surface area contributed by atoms with E-state index >= 15 is 0 Å². The second-order valence-electron chi connectivity index (χ2n) is 16.1. The lowest BCUT2D eigenvalue weighted by Crippen LogP contribution is -2.26. The quantitative estimate of drug-likeness (QED) is 0.164. The van der Waals surface area contributed by atoms with E-state index in [1.165, 1.54) is 18.5 Å². The highest BCUT2D eigenvalue weighted by Gasteiger charge is 2.40. The van der Waals surface area contributed by atoms with Gasteiger partial charge in [-0.25, -0.2) is 4.39 Å². The summed E-state index contributed by atoms with van der Waals surface area (Å²) in [6.45, 7) is 15.4. The van der Waals surface area contributed by atoms with Crippen LogP contribution in [0.4, 0.5) is 21.5 Å². The van der Waals surface area contributed by atoms with Crippen molar-refractivity contribution >= 4 is 34.8 Å². The third-order valence-corrected chi connectivity index (χ3v) is 10.9. The zero-order valence-corrected chi connectivity index (χ0v) is 33.2. The lowest BCUT2D eigenvalue weighted by molar-refractivity contribution is -0.120. The number of aryl methyl sites for hydroxylation is 2. The Bertz CT molecular complexity index is 2440. The number of nitrogens with zero attached hydrogens (tertiary/aromatic N) is 4. The van der Waals surface area contributed by atoms with Gasteiger partial charge in [0.1, 0.15) is 5.82 Å². The molecule has 7 heterocycles. The molecule has 11 heteroatoms. The average Bonchev–Trinajstić information content (AvgIpc) is 3.66. The molecule has 288 valence electrons. The minimum Gasteiger partial charge on any atom is -0.325 e. The lowest BCUT2D eigenvalue weighted by atomic mass is 9.85. The molecule has 10 nitrogen and oxygen atoms in total. The van der Waals surface area contributed by atoms with E-state index in [9.17, 15) is 18.8 Å². The summed E-state index contributed by atoms with van der Waals surface area (Å²) in [5.74, 6) is -0.282. The number of fused-ring (bicyclic) bond motifs is 3. The SMILES string of the molecule is CC1(C)C(=O)Nc2cc(-c3cnccc3F)ccc21.Cc1ccc(-c2cc3c(cn2)C(C)(C)C(=O)N3)cn1.Cc1ccc(-c2ccc3c(c2)NC(=O)C3(C)C)cn1. The van der Waals surface area contributed by atoms with Crippen LogP contribution in [0.5, 0.6) is 0 Å². The molecular weight excluding hydrogens is 718 g/mol. The molecule has 3 amide bonds. The number of anilines is 3. The van der Waals surface area contributed by atoms with Gasteiger partial charge in [-0.1, -0.05) is 30.3 Å². The summed E-state index contributed by atoms with van der Waals surface area (Å²) < 4.78 is 13.7. The molecule has 4 aromatic heterocycles. The Kier molecular flexibility index (Phi) is 9.81. The molecule has 3 N–H and O–H groups in total. The number of carbonyl (C=O) groups is 3. The zero-order valence-electron chi connectivity index (χ0n) is 33.2. The van der Waals surface area contributed by atoms with Crippen molar-refractivity contribution in [1.82, 2.24) is 19.9 Å². The van der Waals surface area contributed by atoms with E-state index in [0.29, 0.717) is 11.1 Å². The summed E-state index contributed by atoms with van der Waals surface area (Å²) in [5.41, 5.74) is 11.0. The van der Waals surface area contributed by atoms with Gasteiger partial charge < -0.3 is 16.0 Å². The molecule has 0 aliphatic carbocycles. The fourth-order valence-corrected chi connectivity index (χ4v) is 7.00. The highest BCUT2D eigenvalue weighted by molar-refractivity contribution is 6.07. The van der Waals surface area contributed by atoms with Crippen molar-refractivity contribution in [3.63, 3.8) is 0 Å². The van der Waals surface area contributed by atoms with Gasteiger partial charge in [0.25, 0.3) is 0 Å². The fraction of sp³-hybridized carbons (Fsp3) is 0.239. The molecule has 57 heavy (non-hydrogen) atoms. The van der Waals surface area contributed by atoms with Crippen LogP contribution in [0.25, 0.3) is 33.5 Å². The number of hydrogen-bond donors (Lipinski definition) is 3. The van der Waals surface area contributed by atoms with Crippen LogP contribution in [0, 0.1) is 19.7 Å². The Balaban J connectivity index is 0.000000131. The molecule has 0 unspecified atom stereocenters. The van der Waals surface area contributed by atoms with Gasteiger partial charge in [-0.15, -0.1) is 0 Å². The van der Waals surface area contributed by atoms with Crippen LogP contribution < -0.4 is 16.0 Å². The van der Waals surface area contributed by atoms with Gasteiger partial charge in [0.05, 0.1) is 21.9 Å². The van der Waals surface area contributed by atoms with Gasteiger partial charge in [0.15, 0.2) is 0 Å². The molecule has 0 atom stereocenters. The molecule has 0 bridgehead atoms. The highest BCUT2D eigenvalue weighted by Crippen LogP contribution is 2.41. The fourth-order valence-electron chi connectivity index (χ4n) is 7.00. The monoisotopic (exact) mass is 761 g/mol. The normalized spacial score (nSPS) is 16.1. The first-order chi connectivity index (χ1) is 27.0. The van der Waals surface area contributed by atoms with Gasteiger partial charge in [0, 0.05) is 81.7 Å². The van der Waals surface area contributed by atoms with Crippen molar-refractivity contribution in [2.75, 3.05) is 16.0 Å². The van der Waals surface area contributed by atoms with Crippen molar-refractivity contribution in [3.8, 4) is 33.5 Å². The number of benzene rings is 2. The minimum atomic E-state index is -0.540.